The van der Waals surface area contributed by atoms with Gasteiger partial charge in [0.25, 0.3) is 0 Å². The van der Waals surface area contributed by atoms with Crippen LogP contribution < -0.4 is 10.1 Å². The number of methoxy groups -OCH3 is 1. The van der Waals surface area contributed by atoms with Gasteiger partial charge in [0.1, 0.15) is 12.1 Å². The number of ether oxygens (including phenoxy) is 1. The first-order valence-electron chi connectivity index (χ1n) is 9.51. The molecule has 1 aliphatic rings. The molecule has 1 aliphatic carbocycles. The SMILES string of the molecule is COc1cccc(-n2cnnc2S[C@H](C)C(=O)N[C@@H]2CCC[C@H](C)[C@H]2C)c1. The number of aromatic nitrogens is 3. The van der Waals surface area contributed by atoms with Crippen LogP contribution in [0, 0.1) is 11.8 Å². The Morgan fingerprint density at radius 2 is 2.19 bits per heavy atom. The maximum Gasteiger partial charge on any atom is 0.233 e. The molecule has 1 saturated carbocycles. The molecule has 6 nitrogen and oxygen atoms in total. The first kappa shape index (κ1) is 19.7. The molecule has 1 fully saturated rings. The molecule has 1 heterocycles. The van der Waals surface area contributed by atoms with Gasteiger partial charge in [0.2, 0.25) is 5.91 Å². The van der Waals surface area contributed by atoms with Crippen LogP contribution in [0.4, 0.5) is 0 Å². The normalized spacial score (nSPS) is 23.6. The summed E-state index contributed by atoms with van der Waals surface area (Å²) in [7, 11) is 1.64. The van der Waals surface area contributed by atoms with E-state index in [0.717, 1.165) is 17.9 Å². The summed E-state index contributed by atoms with van der Waals surface area (Å²) in [5, 5.41) is 11.9. The minimum atomic E-state index is -0.247. The molecule has 0 bridgehead atoms. The molecule has 0 saturated heterocycles. The smallest absolute Gasteiger partial charge is 0.233 e. The van der Waals surface area contributed by atoms with E-state index in [1.807, 2.05) is 35.8 Å². The number of carbonyl (C=O) groups is 1. The van der Waals surface area contributed by atoms with E-state index < -0.39 is 0 Å². The number of hydrogen-bond donors (Lipinski definition) is 1. The first-order valence-corrected chi connectivity index (χ1v) is 10.4. The lowest BCUT2D eigenvalue weighted by molar-refractivity contribution is -0.121. The molecule has 1 aromatic heterocycles. The van der Waals surface area contributed by atoms with Crippen LogP contribution in [-0.2, 0) is 4.79 Å². The van der Waals surface area contributed by atoms with Crippen LogP contribution in [-0.4, -0.2) is 39.1 Å². The fourth-order valence-corrected chi connectivity index (χ4v) is 4.39. The van der Waals surface area contributed by atoms with E-state index >= 15 is 0 Å². The number of rotatable bonds is 6. The van der Waals surface area contributed by atoms with Gasteiger partial charge >= 0.3 is 0 Å². The summed E-state index contributed by atoms with van der Waals surface area (Å²) >= 11 is 1.42. The minimum Gasteiger partial charge on any atom is -0.497 e. The zero-order valence-electron chi connectivity index (χ0n) is 16.4. The molecule has 0 aliphatic heterocycles. The molecule has 1 aromatic carbocycles. The average molecular weight is 389 g/mol. The minimum absolute atomic E-state index is 0.0612. The summed E-state index contributed by atoms with van der Waals surface area (Å²) in [4.78, 5) is 12.7. The summed E-state index contributed by atoms with van der Waals surface area (Å²) in [6.45, 7) is 6.44. The summed E-state index contributed by atoms with van der Waals surface area (Å²) < 4.78 is 7.17. The molecule has 7 heteroatoms. The van der Waals surface area contributed by atoms with Gasteiger partial charge in [-0.15, -0.1) is 10.2 Å². The number of nitrogens with zero attached hydrogens (tertiary/aromatic N) is 3. The van der Waals surface area contributed by atoms with Gasteiger partial charge in [-0.1, -0.05) is 44.5 Å². The number of hydrogen-bond acceptors (Lipinski definition) is 5. The van der Waals surface area contributed by atoms with E-state index in [-0.39, 0.29) is 17.2 Å². The highest BCUT2D eigenvalue weighted by atomic mass is 32.2. The summed E-state index contributed by atoms with van der Waals surface area (Å²) in [6.07, 6.45) is 5.16. The van der Waals surface area contributed by atoms with E-state index in [1.165, 1.54) is 24.6 Å². The number of amides is 1. The Labute approximate surface area is 165 Å². The Morgan fingerprint density at radius 1 is 1.37 bits per heavy atom. The Balaban J connectivity index is 1.67. The molecule has 27 heavy (non-hydrogen) atoms. The Bertz CT molecular complexity index is 779. The lowest BCUT2D eigenvalue weighted by atomic mass is 9.78. The number of thioether (sulfide) groups is 1. The maximum atomic E-state index is 12.7. The Kier molecular flexibility index (Phi) is 6.42. The van der Waals surface area contributed by atoms with Crippen molar-refractivity contribution in [1.29, 1.82) is 0 Å². The van der Waals surface area contributed by atoms with Gasteiger partial charge in [0.05, 0.1) is 18.0 Å². The lowest BCUT2D eigenvalue weighted by Gasteiger charge is -2.35. The average Bonchev–Trinajstić information content (AvgIpc) is 3.13. The van der Waals surface area contributed by atoms with Crippen molar-refractivity contribution in [2.24, 2.45) is 11.8 Å². The van der Waals surface area contributed by atoms with Crippen LogP contribution in [0.25, 0.3) is 5.69 Å². The van der Waals surface area contributed by atoms with Gasteiger partial charge in [-0.05, 0) is 37.3 Å². The second-order valence-corrected chi connectivity index (χ2v) is 8.64. The Hall–Kier alpha value is -2.02. The van der Waals surface area contributed by atoms with Gasteiger partial charge < -0.3 is 10.1 Å². The third-order valence-corrected chi connectivity index (χ3v) is 6.59. The van der Waals surface area contributed by atoms with E-state index in [9.17, 15) is 4.79 Å². The third-order valence-electron chi connectivity index (χ3n) is 5.53. The zero-order valence-corrected chi connectivity index (χ0v) is 17.2. The molecule has 146 valence electrons. The summed E-state index contributed by atoms with van der Waals surface area (Å²) in [6, 6.07) is 7.96. The van der Waals surface area contributed by atoms with Crippen LogP contribution in [0.2, 0.25) is 0 Å². The molecule has 4 atom stereocenters. The van der Waals surface area contributed by atoms with Crippen molar-refractivity contribution in [2.75, 3.05) is 7.11 Å². The maximum absolute atomic E-state index is 12.7. The van der Waals surface area contributed by atoms with Gasteiger partial charge in [-0.25, -0.2) is 0 Å². The fraction of sp³-hybridized carbons (Fsp3) is 0.550. The quantitative estimate of drug-likeness (QED) is 0.764. The van der Waals surface area contributed by atoms with Crippen molar-refractivity contribution in [1.82, 2.24) is 20.1 Å². The predicted octanol–water partition coefficient (Wildman–Crippen LogP) is 3.70. The van der Waals surface area contributed by atoms with Crippen molar-refractivity contribution in [3.8, 4) is 11.4 Å². The fourth-order valence-electron chi connectivity index (χ4n) is 3.54. The molecule has 3 rings (SSSR count). The van der Waals surface area contributed by atoms with Crippen molar-refractivity contribution in [2.45, 2.75) is 56.5 Å². The van der Waals surface area contributed by atoms with E-state index in [1.54, 1.807) is 13.4 Å². The van der Waals surface area contributed by atoms with Crippen molar-refractivity contribution >= 4 is 17.7 Å². The topological polar surface area (TPSA) is 69.0 Å². The molecule has 1 amide bonds. The zero-order chi connectivity index (χ0) is 19.4. The lowest BCUT2D eigenvalue weighted by Crippen LogP contribution is -2.46. The van der Waals surface area contributed by atoms with Gasteiger partial charge in [-0.3, -0.25) is 9.36 Å². The summed E-state index contributed by atoms with van der Waals surface area (Å²) in [5.41, 5.74) is 0.907. The van der Waals surface area contributed by atoms with Gasteiger partial charge in [-0.2, -0.15) is 0 Å². The predicted molar refractivity (Wildman–Crippen MR) is 107 cm³/mol. The number of nitrogens with one attached hydrogen (secondary N) is 1. The molecule has 1 N–H and O–H groups in total. The van der Waals surface area contributed by atoms with Crippen molar-refractivity contribution < 1.29 is 9.53 Å². The van der Waals surface area contributed by atoms with Gasteiger partial charge in [0.15, 0.2) is 5.16 Å². The first-order chi connectivity index (χ1) is 13.0. The van der Waals surface area contributed by atoms with E-state index in [4.69, 9.17) is 4.74 Å². The van der Waals surface area contributed by atoms with Crippen LogP contribution in [0.15, 0.2) is 35.7 Å². The molecule has 2 aromatic rings. The molecular weight excluding hydrogens is 360 g/mol. The molecule has 0 spiro atoms. The number of benzene rings is 1. The standard InChI is InChI=1S/C20H28N4O2S/c1-13-7-5-10-18(14(13)2)22-19(25)15(3)27-20-23-21-12-24(20)16-8-6-9-17(11-16)26-4/h6,8-9,11-15,18H,5,7,10H2,1-4H3,(H,22,25)/t13-,14+,15+,18+/m0/s1. The second kappa shape index (κ2) is 8.78. The third kappa shape index (κ3) is 4.64. The molecule has 0 radical (unpaired) electrons. The van der Waals surface area contributed by atoms with Crippen LogP contribution in [0.1, 0.15) is 40.0 Å². The highest BCUT2D eigenvalue weighted by Crippen LogP contribution is 2.30. The van der Waals surface area contributed by atoms with E-state index in [2.05, 4.69) is 29.4 Å². The van der Waals surface area contributed by atoms with Crippen molar-refractivity contribution in [3.63, 3.8) is 0 Å². The highest BCUT2D eigenvalue weighted by Gasteiger charge is 2.29. The molecule has 0 unspecified atom stereocenters. The second-order valence-electron chi connectivity index (χ2n) is 7.33. The van der Waals surface area contributed by atoms with Crippen LogP contribution in [0.3, 0.4) is 0 Å². The van der Waals surface area contributed by atoms with Crippen LogP contribution in [0.5, 0.6) is 5.75 Å². The molecular formula is C20H28N4O2S. The largest absolute Gasteiger partial charge is 0.497 e. The Morgan fingerprint density at radius 3 is 2.96 bits per heavy atom. The van der Waals surface area contributed by atoms with Gasteiger partial charge in [0, 0.05) is 12.1 Å². The van der Waals surface area contributed by atoms with E-state index in [0.29, 0.717) is 17.0 Å². The van der Waals surface area contributed by atoms with Crippen LogP contribution >= 0.6 is 11.8 Å². The summed E-state index contributed by atoms with van der Waals surface area (Å²) in [5.74, 6) is 2.00. The number of carbonyl (C=O) groups excluding carboxylic acids is 1. The van der Waals surface area contributed by atoms with Crippen molar-refractivity contribution in [3.05, 3.63) is 30.6 Å². The monoisotopic (exact) mass is 388 g/mol. The highest BCUT2D eigenvalue weighted by molar-refractivity contribution is 8.00.